The second-order valence-electron chi connectivity index (χ2n) is 10.3. The number of likely N-dealkylation sites (N-methyl/N-ethyl adjacent to an activating group) is 1. The summed E-state index contributed by atoms with van der Waals surface area (Å²) in [6, 6.07) is 1.24. The molecule has 3 heterocycles. The molecule has 0 aliphatic carbocycles. The molecular formula is C25H42N4O7. The van der Waals surface area contributed by atoms with E-state index in [9.17, 15) is 19.8 Å². The van der Waals surface area contributed by atoms with Gasteiger partial charge in [-0.05, 0) is 59.2 Å². The number of nitrogens with zero attached hydrogens (tertiary/aromatic N) is 3. The van der Waals surface area contributed by atoms with E-state index in [1.54, 1.807) is 12.3 Å². The molecule has 0 radical (unpaired) electrons. The number of hydrogen-bond acceptors (Lipinski definition) is 9. The Morgan fingerprint density at radius 3 is 2.58 bits per heavy atom. The van der Waals surface area contributed by atoms with Crippen molar-refractivity contribution in [1.29, 1.82) is 0 Å². The normalized spacial score (nSPS) is 33.9. The van der Waals surface area contributed by atoms with Crippen LogP contribution in [-0.4, -0.2) is 87.5 Å². The maximum absolute atomic E-state index is 12.6. The average Bonchev–Trinajstić information content (AvgIpc) is 2.82. The molecule has 0 spiro atoms. The SMILES string of the molecule is CC[C@H](C)CCC(=O)Nc1ccn([C@H]2CC[C@H](O[C@H]3O[C@H](C)[C@@H](N(C)C)[C@H](O)[C@H]3O)[C@@H](C)O2)c(=O)n1. The van der Waals surface area contributed by atoms with Crippen LogP contribution in [0.25, 0.3) is 0 Å². The van der Waals surface area contributed by atoms with Crippen LogP contribution in [0.15, 0.2) is 17.1 Å². The highest BCUT2D eigenvalue weighted by atomic mass is 16.7. The first-order chi connectivity index (χ1) is 17.0. The third-order valence-electron chi connectivity index (χ3n) is 7.28. The Labute approximate surface area is 212 Å². The Morgan fingerprint density at radius 1 is 1.25 bits per heavy atom. The van der Waals surface area contributed by atoms with Crippen LogP contribution in [0.5, 0.6) is 0 Å². The Hall–Kier alpha value is -1.89. The number of aliphatic hydroxyl groups is 2. The molecule has 2 aliphatic heterocycles. The van der Waals surface area contributed by atoms with E-state index in [1.807, 2.05) is 32.8 Å². The predicted molar refractivity (Wildman–Crippen MR) is 133 cm³/mol. The van der Waals surface area contributed by atoms with Crippen LogP contribution < -0.4 is 11.0 Å². The molecule has 2 fully saturated rings. The number of ether oxygens (including phenoxy) is 3. The van der Waals surface area contributed by atoms with Gasteiger partial charge in [0.15, 0.2) is 6.29 Å². The van der Waals surface area contributed by atoms with Gasteiger partial charge in [0, 0.05) is 12.6 Å². The predicted octanol–water partition coefficient (Wildman–Crippen LogP) is 1.49. The van der Waals surface area contributed by atoms with Crippen molar-refractivity contribution in [3.05, 3.63) is 22.7 Å². The highest BCUT2D eigenvalue weighted by Gasteiger charge is 2.46. The fourth-order valence-electron chi connectivity index (χ4n) is 4.84. The van der Waals surface area contributed by atoms with Gasteiger partial charge in [0.1, 0.15) is 24.3 Å². The zero-order valence-corrected chi connectivity index (χ0v) is 22.2. The first-order valence-electron chi connectivity index (χ1n) is 12.9. The Bertz CT molecular complexity index is 926. The standard InChI is InChI=1S/C25H42N4O7/c1-7-14(2)8-10-19(30)26-18-12-13-29(25(33)27-18)20-11-9-17(15(3)34-20)36-24-23(32)22(31)21(28(5)6)16(4)35-24/h12-17,20-24,31-32H,7-11H2,1-6H3,(H,26,27,30,33)/t14-,15+,16+,17-,20+,21+,22-,23+,24+/m0/s1. The van der Waals surface area contributed by atoms with Crippen LogP contribution in [0.1, 0.15) is 66.0 Å². The van der Waals surface area contributed by atoms with Crippen molar-refractivity contribution in [3.63, 3.8) is 0 Å². The molecule has 2 aliphatic rings. The van der Waals surface area contributed by atoms with Crippen LogP contribution in [0.4, 0.5) is 5.82 Å². The Balaban J connectivity index is 1.56. The lowest BCUT2D eigenvalue weighted by Crippen LogP contribution is -2.62. The second-order valence-corrected chi connectivity index (χ2v) is 10.3. The Morgan fingerprint density at radius 2 is 1.97 bits per heavy atom. The molecule has 0 bridgehead atoms. The van der Waals surface area contributed by atoms with E-state index in [4.69, 9.17) is 14.2 Å². The smallest absolute Gasteiger partial charge is 0.351 e. The van der Waals surface area contributed by atoms with E-state index in [2.05, 4.69) is 24.1 Å². The quantitative estimate of drug-likeness (QED) is 0.451. The lowest BCUT2D eigenvalue weighted by Gasteiger charge is -2.46. The molecule has 0 unspecified atom stereocenters. The van der Waals surface area contributed by atoms with Gasteiger partial charge in [-0.1, -0.05) is 20.3 Å². The van der Waals surface area contributed by atoms with Gasteiger partial charge in [-0.15, -0.1) is 0 Å². The summed E-state index contributed by atoms with van der Waals surface area (Å²) in [5, 5.41) is 23.8. The summed E-state index contributed by atoms with van der Waals surface area (Å²) in [5.74, 6) is 0.528. The van der Waals surface area contributed by atoms with Gasteiger partial charge in [0.25, 0.3) is 0 Å². The fraction of sp³-hybridized carbons (Fsp3) is 0.800. The number of aromatic nitrogens is 2. The third kappa shape index (κ3) is 6.90. The minimum atomic E-state index is -1.20. The monoisotopic (exact) mass is 510 g/mol. The zero-order valence-electron chi connectivity index (χ0n) is 22.2. The van der Waals surface area contributed by atoms with Crippen LogP contribution in [0, 0.1) is 5.92 Å². The average molecular weight is 511 g/mol. The summed E-state index contributed by atoms with van der Waals surface area (Å²) in [6.45, 7) is 7.86. The number of carbonyl (C=O) groups excluding carboxylic acids is 1. The number of hydrogen-bond donors (Lipinski definition) is 3. The maximum Gasteiger partial charge on any atom is 0.351 e. The molecule has 11 heteroatoms. The number of nitrogens with one attached hydrogen (secondary N) is 1. The van der Waals surface area contributed by atoms with Gasteiger partial charge in [0.05, 0.1) is 24.4 Å². The van der Waals surface area contributed by atoms with Crippen LogP contribution in [-0.2, 0) is 19.0 Å². The van der Waals surface area contributed by atoms with Crippen molar-refractivity contribution in [3.8, 4) is 0 Å². The minimum Gasteiger partial charge on any atom is -0.388 e. The van der Waals surface area contributed by atoms with E-state index in [0.29, 0.717) is 25.2 Å². The van der Waals surface area contributed by atoms with E-state index < -0.39 is 36.5 Å². The van der Waals surface area contributed by atoms with Crippen molar-refractivity contribution >= 4 is 11.7 Å². The number of aliphatic hydroxyl groups excluding tert-OH is 2. The van der Waals surface area contributed by atoms with E-state index in [1.165, 1.54) is 4.57 Å². The van der Waals surface area contributed by atoms with Gasteiger partial charge < -0.3 is 34.6 Å². The van der Waals surface area contributed by atoms with Gasteiger partial charge in [-0.25, -0.2) is 4.79 Å². The largest absolute Gasteiger partial charge is 0.388 e. The van der Waals surface area contributed by atoms with Crippen molar-refractivity contribution in [2.75, 3.05) is 19.4 Å². The molecule has 1 aromatic heterocycles. The van der Waals surface area contributed by atoms with E-state index >= 15 is 0 Å². The Kier molecular flexibility index (Phi) is 10.0. The number of amides is 1. The number of anilines is 1. The molecular weight excluding hydrogens is 468 g/mol. The van der Waals surface area contributed by atoms with Crippen molar-refractivity contribution < 1.29 is 29.2 Å². The molecule has 1 amide bonds. The molecule has 1 aromatic rings. The summed E-state index contributed by atoms with van der Waals surface area (Å²) < 4.78 is 19.4. The number of carbonyl (C=O) groups is 1. The fourth-order valence-corrected chi connectivity index (χ4v) is 4.84. The van der Waals surface area contributed by atoms with Gasteiger partial charge in [0.2, 0.25) is 5.91 Å². The van der Waals surface area contributed by atoms with Crippen molar-refractivity contribution in [1.82, 2.24) is 14.5 Å². The van der Waals surface area contributed by atoms with Crippen LogP contribution >= 0.6 is 0 Å². The summed E-state index contributed by atoms with van der Waals surface area (Å²) in [6.07, 6.45) is -0.0453. The molecule has 2 saturated heterocycles. The summed E-state index contributed by atoms with van der Waals surface area (Å²) in [5.41, 5.74) is -0.510. The van der Waals surface area contributed by atoms with Gasteiger partial charge in [-0.2, -0.15) is 4.98 Å². The molecule has 3 rings (SSSR count). The molecule has 0 aromatic carbocycles. The summed E-state index contributed by atoms with van der Waals surface area (Å²) in [7, 11) is 3.65. The summed E-state index contributed by atoms with van der Waals surface area (Å²) >= 11 is 0. The number of rotatable bonds is 9. The second kappa shape index (κ2) is 12.6. The lowest BCUT2D eigenvalue weighted by atomic mass is 9.96. The highest BCUT2D eigenvalue weighted by molar-refractivity contribution is 5.89. The molecule has 3 N–H and O–H groups in total. The van der Waals surface area contributed by atoms with Crippen LogP contribution in [0.3, 0.4) is 0 Å². The third-order valence-corrected chi connectivity index (χ3v) is 7.28. The molecule has 11 nitrogen and oxygen atoms in total. The first-order valence-corrected chi connectivity index (χ1v) is 12.9. The molecule has 9 atom stereocenters. The minimum absolute atomic E-state index is 0.161. The molecule has 0 saturated carbocycles. The lowest BCUT2D eigenvalue weighted by molar-refractivity contribution is -0.310. The van der Waals surface area contributed by atoms with Crippen molar-refractivity contribution in [2.24, 2.45) is 5.92 Å². The van der Waals surface area contributed by atoms with E-state index in [-0.39, 0.29) is 30.0 Å². The van der Waals surface area contributed by atoms with Crippen LogP contribution in [0.2, 0.25) is 0 Å². The van der Waals surface area contributed by atoms with Gasteiger partial charge >= 0.3 is 5.69 Å². The first kappa shape index (κ1) is 28.7. The van der Waals surface area contributed by atoms with Gasteiger partial charge in [-0.3, -0.25) is 9.36 Å². The summed E-state index contributed by atoms with van der Waals surface area (Å²) in [4.78, 5) is 30.6. The molecule has 204 valence electrons. The topological polar surface area (TPSA) is 135 Å². The molecule has 36 heavy (non-hydrogen) atoms. The van der Waals surface area contributed by atoms with E-state index in [0.717, 1.165) is 12.8 Å². The maximum atomic E-state index is 12.6. The highest BCUT2D eigenvalue weighted by Crippen LogP contribution is 2.32. The zero-order chi connectivity index (χ0) is 26.6. The van der Waals surface area contributed by atoms with Crippen molar-refractivity contribution in [2.45, 2.75) is 109 Å².